The molecule has 0 aliphatic rings. The summed E-state index contributed by atoms with van der Waals surface area (Å²) in [6.45, 7) is 5.65. The molecule has 0 spiro atoms. The maximum absolute atomic E-state index is 11.5. The lowest BCUT2D eigenvalue weighted by Crippen LogP contribution is -2.40. The van der Waals surface area contributed by atoms with Gasteiger partial charge in [-0.05, 0) is 44.7 Å². The highest BCUT2D eigenvalue weighted by Gasteiger charge is 2.18. The fourth-order valence-corrected chi connectivity index (χ4v) is 1.60. The van der Waals surface area contributed by atoms with Crippen molar-refractivity contribution < 1.29 is 9.53 Å². The molecule has 6 nitrogen and oxygen atoms in total. The third-order valence-corrected chi connectivity index (χ3v) is 2.40. The van der Waals surface area contributed by atoms with Crippen LogP contribution in [0.25, 0.3) is 10.4 Å². The van der Waals surface area contributed by atoms with E-state index in [-0.39, 0.29) is 12.6 Å². The molecule has 0 saturated carbocycles. The van der Waals surface area contributed by atoms with Gasteiger partial charge in [-0.3, -0.25) is 0 Å². The van der Waals surface area contributed by atoms with E-state index >= 15 is 0 Å². The molecule has 0 aromatic heterocycles. The minimum absolute atomic E-state index is 0.173. The molecule has 7 heteroatoms. The molecule has 0 heterocycles. The molecule has 0 aliphatic heterocycles. The zero-order valence-corrected chi connectivity index (χ0v) is 11.6. The van der Waals surface area contributed by atoms with E-state index in [9.17, 15) is 4.79 Å². The second-order valence-corrected chi connectivity index (χ2v) is 5.52. The van der Waals surface area contributed by atoms with Crippen molar-refractivity contribution in [3.05, 3.63) is 10.4 Å². The Kier molecular flexibility index (Phi) is 7.58. The number of nitrogens with zero attached hydrogens (tertiary/aromatic N) is 3. The summed E-state index contributed by atoms with van der Waals surface area (Å²) in [7, 11) is 0. The van der Waals surface area contributed by atoms with Gasteiger partial charge < -0.3 is 10.1 Å². The van der Waals surface area contributed by atoms with E-state index < -0.39 is 11.7 Å². The Labute approximate surface area is 106 Å². The van der Waals surface area contributed by atoms with E-state index in [4.69, 9.17) is 10.3 Å². The average molecular weight is 260 g/mol. The van der Waals surface area contributed by atoms with Crippen LogP contribution in [-0.4, -0.2) is 36.3 Å². The first-order valence-electron chi connectivity index (χ1n) is 5.38. The maximum Gasteiger partial charge on any atom is 0.407 e. The van der Waals surface area contributed by atoms with Crippen LogP contribution in [0.2, 0.25) is 0 Å². The number of carbonyl (C=O) groups is 1. The number of alkyl carbamates (subject to hydrolysis) is 1. The molecule has 98 valence electrons. The second-order valence-electron chi connectivity index (χ2n) is 4.54. The van der Waals surface area contributed by atoms with Crippen LogP contribution in [0, 0.1) is 0 Å². The highest BCUT2D eigenvalue weighted by atomic mass is 32.2. The number of carbonyl (C=O) groups excluding carboxylic acids is 1. The lowest BCUT2D eigenvalue weighted by molar-refractivity contribution is 0.0505. The molecule has 17 heavy (non-hydrogen) atoms. The lowest BCUT2D eigenvalue weighted by atomic mass is 10.2. The Bertz CT molecular complexity index is 285. The van der Waals surface area contributed by atoms with Crippen molar-refractivity contribution in [3.8, 4) is 0 Å². The number of thioether (sulfide) groups is 1. The second kappa shape index (κ2) is 8.08. The molecule has 1 N–H and O–H groups in total. The van der Waals surface area contributed by atoms with Crippen molar-refractivity contribution in [3.63, 3.8) is 0 Å². The average Bonchev–Trinajstić information content (AvgIpc) is 2.19. The first kappa shape index (κ1) is 15.9. The number of ether oxygens (including phenoxy) is 1. The van der Waals surface area contributed by atoms with Crippen molar-refractivity contribution in [2.75, 3.05) is 18.6 Å². The van der Waals surface area contributed by atoms with Gasteiger partial charge in [0.25, 0.3) is 0 Å². The zero-order valence-electron chi connectivity index (χ0n) is 10.8. The maximum atomic E-state index is 11.5. The van der Waals surface area contributed by atoms with Crippen molar-refractivity contribution >= 4 is 17.9 Å². The third kappa shape index (κ3) is 9.84. The van der Waals surface area contributed by atoms with Gasteiger partial charge in [-0.25, -0.2) is 4.79 Å². The predicted molar refractivity (Wildman–Crippen MR) is 70.2 cm³/mol. The highest BCUT2D eigenvalue weighted by Crippen LogP contribution is 2.08. The molecule has 0 aromatic rings. The standard InChI is InChI=1S/C10H20N4O2S/c1-10(2,3)16-9(15)13-8(5-6-17-4)7-12-14-11/h8H,5-7H2,1-4H3,(H,13,15)/t8-/m0/s1. The molecule has 0 saturated heterocycles. The number of nitrogens with one attached hydrogen (secondary N) is 1. The number of rotatable bonds is 6. The number of amides is 1. The third-order valence-electron chi connectivity index (χ3n) is 1.76. The zero-order chi connectivity index (χ0) is 13.3. The first-order valence-corrected chi connectivity index (χ1v) is 6.77. The smallest absolute Gasteiger partial charge is 0.407 e. The van der Waals surface area contributed by atoms with Crippen molar-refractivity contribution in [2.45, 2.75) is 38.8 Å². The van der Waals surface area contributed by atoms with Crippen LogP contribution < -0.4 is 5.32 Å². The van der Waals surface area contributed by atoms with Crippen LogP contribution in [0.3, 0.4) is 0 Å². The van der Waals surface area contributed by atoms with E-state index in [2.05, 4.69) is 15.3 Å². The largest absolute Gasteiger partial charge is 0.444 e. The predicted octanol–water partition coefficient (Wildman–Crippen LogP) is 2.94. The molecule has 0 bridgehead atoms. The summed E-state index contributed by atoms with van der Waals surface area (Å²) in [5.74, 6) is 0.890. The SMILES string of the molecule is CSCC[C@@H](CN=[N+]=[N-])NC(=O)OC(C)(C)C. The number of hydrogen-bond donors (Lipinski definition) is 1. The van der Waals surface area contributed by atoms with Gasteiger partial charge in [0, 0.05) is 17.5 Å². The van der Waals surface area contributed by atoms with Crippen LogP contribution in [0.4, 0.5) is 4.79 Å². The Hall–Kier alpha value is -1.07. The van der Waals surface area contributed by atoms with E-state index in [1.165, 1.54) is 0 Å². The molecular formula is C10H20N4O2S. The fourth-order valence-electron chi connectivity index (χ4n) is 1.08. The molecule has 0 rings (SSSR count). The minimum Gasteiger partial charge on any atom is -0.444 e. The summed E-state index contributed by atoms with van der Waals surface area (Å²) in [5.41, 5.74) is 7.75. The van der Waals surface area contributed by atoms with Gasteiger partial charge in [-0.1, -0.05) is 5.11 Å². The van der Waals surface area contributed by atoms with Gasteiger partial charge in [0.2, 0.25) is 0 Å². The van der Waals surface area contributed by atoms with Crippen LogP contribution in [0.15, 0.2) is 5.11 Å². The van der Waals surface area contributed by atoms with Crippen LogP contribution >= 0.6 is 11.8 Å². The molecule has 1 atom stereocenters. The summed E-state index contributed by atoms with van der Waals surface area (Å²) < 4.78 is 5.14. The van der Waals surface area contributed by atoms with Crippen LogP contribution in [-0.2, 0) is 4.74 Å². The Balaban J connectivity index is 4.21. The van der Waals surface area contributed by atoms with Crippen molar-refractivity contribution in [1.29, 1.82) is 0 Å². The molecule has 0 fully saturated rings. The summed E-state index contributed by atoms with van der Waals surface area (Å²) in [6.07, 6.45) is 2.26. The molecule has 0 radical (unpaired) electrons. The number of hydrogen-bond acceptors (Lipinski definition) is 4. The topological polar surface area (TPSA) is 87.1 Å². The summed E-state index contributed by atoms with van der Waals surface area (Å²) >= 11 is 1.68. The van der Waals surface area contributed by atoms with Gasteiger partial charge in [-0.2, -0.15) is 11.8 Å². The molecular weight excluding hydrogens is 240 g/mol. The summed E-state index contributed by atoms with van der Waals surface area (Å²) in [6, 6.07) is -0.173. The molecule has 1 amide bonds. The monoisotopic (exact) mass is 260 g/mol. The van der Waals surface area contributed by atoms with Gasteiger partial charge in [0.15, 0.2) is 0 Å². The minimum atomic E-state index is -0.521. The first-order chi connectivity index (χ1) is 7.89. The van der Waals surface area contributed by atoms with E-state index in [1.54, 1.807) is 32.5 Å². The van der Waals surface area contributed by atoms with Crippen LogP contribution in [0.1, 0.15) is 27.2 Å². The fraction of sp³-hybridized carbons (Fsp3) is 0.900. The van der Waals surface area contributed by atoms with Crippen LogP contribution in [0.5, 0.6) is 0 Å². The van der Waals surface area contributed by atoms with E-state index in [0.29, 0.717) is 0 Å². The van der Waals surface area contributed by atoms with Gasteiger partial charge in [0.1, 0.15) is 5.60 Å². The Morgan fingerprint density at radius 1 is 1.59 bits per heavy atom. The van der Waals surface area contributed by atoms with Gasteiger partial charge in [-0.15, -0.1) is 0 Å². The Morgan fingerprint density at radius 2 is 2.24 bits per heavy atom. The summed E-state index contributed by atoms with van der Waals surface area (Å²) in [4.78, 5) is 14.2. The lowest BCUT2D eigenvalue weighted by Gasteiger charge is -2.22. The van der Waals surface area contributed by atoms with E-state index in [0.717, 1.165) is 12.2 Å². The van der Waals surface area contributed by atoms with Crippen molar-refractivity contribution in [1.82, 2.24) is 5.32 Å². The van der Waals surface area contributed by atoms with E-state index in [1.807, 2.05) is 6.26 Å². The van der Waals surface area contributed by atoms with Gasteiger partial charge in [0.05, 0.1) is 0 Å². The molecule has 0 aliphatic carbocycles. The van der Waals surface area contributed by atoms with Gasteiger partial charge >= 0.3 is 6.09 Å². The summed E-state index contributed by atoms with van der Waals surface area (Å²) in [5, 5.41) is 6.18. The van der Waals surface area contributed by atoms with Crippen molar-refractivity contribution in [2.24, 2.45) is 5.11 Å². The molecule has 0 aromatic carbocycles. The Morgan fingerprint density at radius 3 is 2.71 bits per heavy atom. The highest BCUT2D eigenvalue weighted by molar-refractivity contribution is 7.98. The normalized spacial score (nSPS) is 12.5. The quantitative estimate of drug-likeness (QED) is 0.452. The molecule has 0 unspecified atom stereocenters. The number of azide groups is 1.